The van der Waals surface area contributed by atoms with Crippen LogP contribution in [0.1, 0.15) is 0 Å². The van der Waals surface area contributed by atoms with Crippen molar-refractivity contribution >= 4 is 7.82 Å². The Balaban J connectivity index is 0. The Morgan fingerprint density at radius 3 is 1.17 bits per heavy atom. The summed E-state index contributed by atoms with van der Waals surface area (Å²) in [6.07, 6.45) is 0. The van der Waals surface area contributed by atoms with Crippen molar-refractivity contribution in [2.24, 2.45) is 0 Å². The molecule has 6 heavy (non-hydrogen) atoms. The van der Waals surface area contributed by atoms with E-state index in [4.69, 9.17) is 19.2 Å². The zero-order valence-electron chi connectivity index (χ0n) is 2.49. The van der Waals surface area contributed by atoms with Crippen LogP contribution in [0.3, 0.4) is 0 Å². The molecule has 1 radical (unpaired) electrons. The monoisotopic (exact) mass is 148 g/mol. The van der Waals surface area contributed by atoms with Crippen LogP contribution in [-0.4, -0.2) is 0 Å². The molecular formula is CrO4P. The van der Waals surface area contributed by atoms with Crippen molar-refractivity contribution in [1.29, 1.82) is 0 Å². The van der Waals surface area contributed by atoms with E-state index in [1.807, 2.05) is 0 Å². The molecule has 0 aromatic rings. The molecule has 35 valence electrons. The Morgan fingerprint density at radius 1 is 1.17 bits per heavy atom. The summed E-state index contributed by atoms with van der Waals surface area (Å²) in [5, 5.41) is 0. The number of hydrogen-bond acceptors (Lipinski definition) is 4. The van der Waals surface area contributed by atoms with Crippen LogP contribution in [0.25, 0.3) is 0 Å². The van der Waals surface area contributed by atoms with Gasteiger partial charge in [0, 0.05) is 0 Å². The molecule has 0 N–H and O–H groups in total. The minimum absolute atomic E-state index is 0. The summed E-state index contributed by atoms with van der Waals surface area (Å²) in [4.78, 5) is 25.6. The number of phosphoric acid groups is 1. The van der Waals surface area contributed by atoms with Crippen LogP contribution in [0.5, 0.6) is 0 Å². The van der Waals surface area contributed by atoms with E-state index in [1.54, 1.807) is 0 Å². The summed E-state index contributed by atoms with van der Waals surface area (Å²) in [7, 11) is -5.39. The van der Waals surface area contributed by atoms with Gasteiger partial charge in [0.1, 0.15) is 0 Å². The van der Waals surface area contributed by atoms with Crippen molar-refractivity contribution < 1.29 is 36.6 Å². The van der Waals surface area contributed by atoms with Gasteiger partial charge in [-0.05, 0) is 0 Å². The SMILES string of the molecule is O=[32P]([O-])([O-])[O-].[Cr+3]. The van der Waals surface area contributed by atoms with Crippen molar-refractivity contribution in [3.05, 3.63) is 0 Å². The fraction of sp³-hybridized carbons (Fsp3) is 0. The third-order valence-electron chi connectivity index (χ3n) is 0. The van der Waals surface area contributed by atoms with Gasteiger partial charge in [0.25, 0.3) is 0 Å². The van der Waals surface area contributed by atoms with Gasteiger partial charge in [0.2, 0.25) is 0 Å². The van der Waals surface area contributed by atoms with Crippen LogP contribution in [0.15, 0.2) is 0 Å². The van der Waals surface area contributed by atoms with Gasteiger partial charge in [0.15, 0.2) is 0 Å². The summed E-state index contributed by atoms with van der Waals surface area (Å²) < 4.78 is 8.55. The second kappa shape index (κ2) is 2.76. The van der Waals surface area contributed by atoms with E-state index in [9.17, 15) is 0 Å². The third-order valence-corrected chi connectivity index (χ3v) is 0. The first-order valence-electron chi connectivity index (χ1n) is 0.730. The molecule has 0 fully saturated rings. The Labute approximate surface area is 45.2 Å². The Bertz CT molecular complexity index is 53.7. The smallest absolute Gasteiger partial charge is 0.822 e. The molecule has 0 aromatic carbocycles. The maximum Gasteiger partial charge on any atom is 3.00 e. The molecule has 0 aliphatic heterocycles. The van der Waals surface area contributed by atoms with Gasteiger partial charge in [-0.1, -0.05) is 0 Å². The molecule has 0 amide bonds. The summed E-state index contributed by atoms with van der Waals surface area (Å²) in [5.41, 5.74) is 0. The van der Waals surface area contributed by atoms with Crippen molar-refractivity contribution in [2.75, 3.05) is 0 Å². The van der Waals surface area contributed by atoms with Crippen molar-refractivity contribution in [3.8, 4) is 0 Å². The van der Waals surface area contributed by atoms with Gasteiger partial charge in [-0.2, -0.15) is 7.82 Å². The molecule has 4 nitrogen and oxygen atoms in total. The molecule has 0 saturated carbocycles. The topological polar surface area (TPSA) is 86.2 Å². The van der Waals surface area contributed by atoms with Gasteiger partial charge in [0.05, 0.1) is 0 Å². The maximum absolute atomic E-state index is 8.55. The summed E-state index contributed by atoms with van der Waals surface area (Å²) >= 11 is 0. The van der Waals surface area contributed by atoms with Crippen LogP contribution in [0.4, 0.5) is 0 Å². The van der Waals surface area contributed by atoms with Crippen molar-refractivity contribution in [2.45, 2.75) is 0 Å². The molecule has 0 unspecified atom stereocenters. The van der Waals surface area contributed by atoms with E-state index in [0.29, 0.717) is 0 Å². The van der Waals surface area contributed by atoms with Gasteiger partial charge in [-0.15, -0.1) is 0 Å². The van der Waals surface area contributed by atoms with Crippen LogP contribution >= 0.6 is 7.82 Å². The van der Waals surface area contributed by atoms with Crippen molar-refractivity contribution in [1.82, 2.24) is 0 Å². The fourth-order valence-electron chi connectivity index (χ4n) is 0. The first-order chi connectivity index (χ1) is 2.00. The standard InChI is InChI=1S/Cr.H3O4P/c;1-5(2,3)4/h;(H3,1,2,3,4)/q+3;/p-3/i;5+1. The first kappa shape index (κ1) is 9.81. The quantitative estimate of drug-likeness (QED) is 0.346. The molecule has 6 heteroatoms. The molecular weight excluding hydrogens is 148 g/mol. The van der Waals surface area contributed by atoms with E-state index in [2.05, 4.69) is 0 Å². The van der Waals surface area contributed by atoms with E-state index in [0.717, 1.165) is 0 Å². The van der Waals surface area contributed by atoms with Crippen molar-refractivity contribution in [3.63, 3.8) is 0 Å². The summed E-state index contributed by atoms with van der Waals surface area (Å²) in [6.45, 7) is 0. The third kappa shape index (κ3) is 149. The van der Waals surface area contributed by atoms with E-state index < -0.39 is 7.82 Å². The summed E-state index contributed by atoms with van der Waals surface area (Å²) in [6, 6.07) is 0. The molecule has 0 aliphatic carbocycles. The van der Waals surface area contributed by atoms with Crippen LogP contribution in [-0.2, 0) is 21.9 Å². The molecule has 0 aliphatic rings. The number of hydrogen-bond donors (Lipinski definition) is 0. The van der Waals surface area contributed by atoms with Gasteiger partial charge >= 0.3 is 17.4 Å². The van der Waals surface area contributed by atoms with Gasteiger partial charge in [-0.25, -0.2) is 0 Å². The Morgan fingerprint density at radius 2 is 1.17 bits per heavy atom. The zero-order valence-corrected chi connectivity index (χ0v) is 4.66. The van der Waals surface area contributed by atoms with Gasteiger partial charge < -0.3 is 19.2 Å². The Hall–Kier alpha value is 0.642. The van der Waals surface area contributed by atoms with E-state index in [-0.39, 0.29) is 17.4 Å². The van der Waals surface area contributed by atoms with E-state index >= 15 is 0 Å². The van der Waals surface area contributed by atoms with Crippen LogP contribution in [0, 0.1) is 0 Å². The molecule has 0 saturated heterocycles. The van der Waals surface area contributed by atoms with E-state index in [1.165, 1.54) is 0 Å². The average Bonchev–Trinajstić information content (AvgIpc) is 0.722. The molecule has 0 aromatic heterocycles. The van der Waals surface area contributed by atoms with Crippen LogP contribution in [0.2, 0.25) is 0 Å². The normalized spacial score (nSPS) is 9.83. The molecule has 0 rings (SSSR count). The second-order valence-corrected chi connectivity index (χ2v) is 1.34. The van der Waals surface area contributed by atoms with Crippen LogP contribution < -0.4 is 14.7 Å². The molecule has 0 atom stereocenters. The second-order valence-electron chi connectivity index (χ2n) is 0.447. The first-order valence-corrected chi connectivity index (χ1v) is 2.19. The molecule has 0 bridgehead atoms. The Kier molecular flexibility index (Phi) is 4.51. The minimum Gasteiger partial charge on any atom is -0.822 e. The minimum atomic E-state index is -5.39. The largest absolute Gasteiger partial charge is 3.00 e. The predicted molar refractivity (Wildman–Crippen MR) is 7.61 cm³/mol. The predicted octanol–water partition coefficient (Wildman–Crippen LogP) is -2.83. The zero-order chi connectivity index (χ0) is 4.50. The molecule has 0 spiro atoms. The summed E-state index contributed by atoms with van der Waals surface area (Å²) in [5.74, 6) is 0. The fourth-order valence-corrected chi connectivity index (χ4v) is 0. The molecule has 0 heterocycles. The van der Waals surface area contributed by atoms with Gasteiger partial charge in [-0.3, -0.25) is 0 Å². The maximum atomic E-state index is 8.55. The number of rotatable bonds is 0. The average molecular weight is 148 g/mol.